The monoisotopic (exact) mass is 296 g/mol. The molecule has 0 unspecified atom stereocenters. The zero-order valence-electron chi connectivity index (χ0n) is 11.1. The molecule has 1 N–H and O–H groups in total. The van der Waals surface area contributed by atoms with Crippen molar-refractivity contribution in [2.24, 2.45) is 0 Å². The van der Waals surface area contributed by atoms with Gasteiger partial charge in [0.25, 0.3) is 5.91 Å². The number of halogens is 2. The number of alkyl halides is 2. The molecule has 0 bridgehead atoms. The number of carbonyl (C=O) groups excluding carboxylic acids is 1. The Labute approximate surface area is 119 Å². The van der Waals surface area contributed by atoms with Gasteiger partial charge in [0.2, 0.25) is 0 Å². The smallest absolute Gasteiger partial charge is 0.387 e. The van der Waals surface area contributed by atoms with E-state index in [1.807, 2.05) is 0 Å². The summed E-state index contributed by atoms with van der Waals surface area (Å²) < 4.78 is 29.9. The molecule has 0 aliphatic heterocycles. The number of nitrogens with one attached hydrogen (secondary N) is 1. The van der Waals surface area contributed by atoms with Gasteiger partial charge in [-0.2, -0.15) is 13.9 Å². The minimum absolute atomic E-state index is 0.0210. The molecule has 2 aromatic rings. The highest BCUT2D eigenvalue weighted by molar-refractivity contribution is 5.94. The first kappa shape index (κ1) is 14.9. The molecule has 8 heteroatoms. The fourth-order valence-electron chi connectivity index (χ4n) is 1.68. The minimum Gasteiger partial charge on any atom is -0.435 e. The van der Waals surface area contributed by atoms with Crippen LogP contribution in [0, 0.1) is 0 Å². The summed E-state index contributed by atoms with van der Waals surface area (Å²) in [6.07, 6.45) is 3.76. The molecule has 0 aliphatic carbocycles. The molecule has 0 spiro atoms. The largest absolute Gasteiger partial charge is 0.435 e. The van der Waals surface area contributed by atoms with Gasteiger partial charge < -0.3 is 10.1 Å². The third-order valence-corrected chi connectivity index (χ3v) is 2.66. The van der Waals surface area contributed by atoms with E-state index in [4.69, 9.17) is 0 Å². The molecule has 2 rings (SSSR count). The lowest BCUT2D eigenvalue weighted by Gasteiger charge is -2.07. The normalized spacial score (nSPS) is 10.6. The summed E-state index contributed by atoms with van der Waals surface area (Å²) in [7, 11) is 0. The highest BCUT2D eigenvalue weighted by Crippen LogP contribution is 2.14. The number of rotatable bonds is 7. The van der Waals surface area contributed by atoms with Crippen LogP contribution in [0.25, 0.3) is 0 Å². The van der Waals surface area contributed by atoms with Crippen molar-refractivity contribution in [1.82, 2.24) is 20.1 Å². The van der Waals surface area contributed by atoms with Crippen molar-refractivity contribution in [2.75, 3.05) is 6.54 Å². The van der Waals surface area contributed by atoms with Gasteiger partial charge in [0.15, 0.2) is 0 Å². The van der Waals surface area contributed by atoms with E-state index in [0.29, 0.717) is 25.1 Å². The zero-order chi connectivity index (χ0) is 15.1. The van der Waals surface area contributed by atoms with Gasteiger partial charge in [-0.3, -0.25) is 9.48 Å². The van der Waals surface area contributed by atoms with Crippen LogP contribution < -0.4 is 10.1 Å². The molecule has 0 saturated heterocycles. The molecule has 1 heterocycles. The molecule has 6 nitrogen and oxygen atoms in total. The molecule has 21 heavy (non-hydrogen) atoms. The molecule has 112 valence electrons. The highest BCUT2D eigenvalue weighted by atomic mass is 19.3. The first-order chi connectivity index (χ1) is 10.1. The molecule has 0 radical (unpaired) electrons. The molecule has 1 amide bonds. The lowest BCUT2D eigenvalue weighted by molar-refractivity contribution is -0.0498. The van der Waals surface area contributed by atoms with Crippen LogP contribution in [-0.2, 0) is 6.54 Å². The van der Waals surface area contributed by atoms with Crippen molar-refractivity contribution in [2.45, 2.75) is 19.6 Å². The first-order valence-corrected chi connectivity index (χ1v) is 6.30. The summed E-state index contributed by atoms with van der Waals surface area (Å²) in [6, 6.07) is 5.53. The van der Waals surface area contributed by atoms with Crippen LogP contribution in [0.4, 0.5) is 8.78 Å². The number of hydrogen-bond donors (Lipinski definition) is 1. The van der Waals surface area contributed by atoms with Crippen LogP contribution in [0.15, 0.2) is 36.9 Å². The average molecular weight is 296 g/mol. The van der Waals surface area contributed by atoms with Gasteiger partial charge in [0.1, 0.15) is 18.4 Å². The van der Waals surface area contributed by atoms with Crippen molar-refractivity contribution in [1.29, 1.82) is 0 Å². The summed E-state index contributed by atoms with van der Waals surface area (Å²) in [4.78, 5) is 15.6. The maximum Gasteiger partial charge on any atom is 0.387 e. The summed E-state index contributed by atoms with van der Waals surface area (Å²) in [5, 5.41) is 6.67. The SMILES string of the molecule is O=C(NCCCn1cncn1)c1ccc(OC(F)F)cc1. The Morgan fingerprint density at radius 1 is 1.33 bits per heavy atom. The number of carbonyl (C=O) groups is 1. The minimum atomic E-state index is -2.87. The summed E-state index contributed by atoms with van der Waals surface area (Å²) in [5.74, 6) is -0.245. The van der Waals surface area contributed by atoms with Gasteiger partial charge in [-0.05, 0) is 30.7 Å². The lowest BCUT2D eigenvalue weighted by atomic mass is 10.2. The molecular formula is C13H14F2N4O2. The van der Waals surface area contributed by atoms with Gasteiger partial charge in [-0.15, -0.1) is 0 Å². The predicted octanol–water partition coefficient (Wildman–Crippen LogP) is 1.70. The van der Waals surface area contributed by atoms with Gasteiger partial charge in [-0.25, -0.2) is 4.98 Å². The maximum absolute atomic E-state index is 12.0. The molecule has 0 fully saturated rings. The second-order valence-electron chi connectivity index (χ2n) is 4.17. The first-order valence-electron chi connectivity index (χ1n) is 6.30. The van der Waals surface area contributed by atoms with Crippen LogP contribution in [0.2, 0.25) is 0 Å². The van der Waals surface area contributed by atoms with Crippen LogP contribution in [0.1, 0.15) is 16.8 Å². The average Bonchev–Trinajstić information content (AvgIpc) is 2.97. The second-order valence-corrected chi connectivity index (χ2v) is 4.17. The van der Waals surface area contributed by atoms with Crippen molar-refractivity contribution < 1.29 is 18.3 Å². The molecular weight excluding hydrogens is 282 g/mol. The van der Waals surface area contributed by atoms with Crippen LogP contribution in [0.3, 0.4) is 0 Å². The Bertz CT molecular complexity index is 558. The van der Waals surface area contributed by atoms with Gasteiger partial charge >= 0.3 is 6.61 Å². The number of aryl methyl sites for hydroxylation is 1. The molecule has 1 aromatic carbocycles. The Balaban J connectivity index is 1.75. The van der Waals surface area contributed by atoms with E-state index in [2.05, 4.69) is 20.1 Å². The van der Waals surface area contributed by atoms with E-state index in [1.165, 1.54) is 30.6 Å². The number of benzene rings is 1. The number of ether oxygens (including phenoxy) is 1. The van der Waals surface area contributed by atoms with Crippen molar-refractivity contribution in [3.8, 4) is 5.75 Å². The highest BCUT2D eigenvalue weighted by Gasteiger charge is 2.07. The summed E-state index contributed by atoms with van der Waals surface area (Å²) in [6.45, 7) is -1.74. The quantitative estimate of drug-likeness (QED) is 0.790. The van der Waals surface area contributed by atoms with Crippen molar-refractivity contribution in [3.05, 3.63) is 42.5 Å². The Morgan fingerprint density at radius 2 is 2.10 bits per heavy atom. The van der Waals surface area contributed by atoms with E-state index in [0.717, 1.165) is 0 Å². The van der Waals surface area contributed by atoms with Crippen molar-refractivity contribution in [3.63, 3.8) is 0 Å². The van der Waals surface area contributed by atoms with E-state index < -0.39 is 6.61 Å². The topological polar surface area (TPSA) is 69.0 Å². The van der Waals surface area contributed by atoms with Crippen molar-refractivity contribution >= 4 is 5.91 Å². The van der Waals surface area contributed by atoms with E-state index in [-0.39, 0.29) is 11.7 Å². The number of nitrogens with zero attached hydrogens (tertiary/aromatic N) is 3. The Hall–Kier alpha value is -2.51. The van der Waals surface area contributed by atoms with E-state index >= 15 is 0 Å². The van der Waals surface area contributed by atoms with E-state index in [9.17, 15) is 13.6 Å². The summed E-state index contributed by atoms with van der Waals surface area (Å²) in [5.41, 5.74) is 0.386. The molecule has 0 atom stereocenters. The Morgan fingerprint density at radius 3 is 2.71 bits per heavy atom. The lowest BCUT2D eigenvalue weighted by Crippen LogP contribution is -2.25. The van der Waals surface area contributed by atoms with Crippen LogP contribution in [0.5, 0.6) is 5.75 Å². The number of aromatic nitrogens is 3. The van der Waals surface area contributed by atoms with Gasteiger partial charge in [0.05, 0.1) is 0 Å². The van der Waals surface area contributed by atoms with Gasteiger partial charge in [-0.1, -0.05) is 0 Å². The fourth-order valence-corrected chi connectivity index (χ4v) is 1.68. The standard InChI is InChI=1S/C13H14F2N4O2/c14-13(15)21-11-4-2-10(3-5-11)12(20)17-6-1-7-19-9-16-8-18-19/h2-5,8-9,13H,1,6-7H2,(H,17,20). The second kappa shape index (κ2) is 7.32. The summed E-state index contributed by atoms with van der Waals surface area (Å²) >= 11 is 0. The fraction of sp³-hybridized carbons (Fsp3) is 0.308. The van der Waals surface area contributed by atoms with E-state index in [1.54, 1.807) is 11.0 Å². The molecule has 0 saturated carbocycles. The zero-order valence-corrected chi connectivity index (χ0v) is 11.1. The van der Waals surface area contributed by atoms with Gasteiger partial charge in [0, 0.05) is 18.7 Å². The molecule has 1 aromatic heterocycles. The van der Waals surface area contributed by atoms with Crippen LogP contribution in [-0.4, -0.2) is 33.8 Å². The molecule has 0 aliphatic rings. The van der Waals surface area contributed by atoms with Crippen LogP contribution >= 0.6 is 0 Å². The number of amides is 1. The third-order valence-electron chi connectivity index (χ3n) is 2.66. The Kier molecular flexibility index (Phi) is 5.19. The maximum atomic E-state index is 12.0. The predicted molar refractivity (Wildman–Crippen MR) is 70.0 cm³/mol. The third kappa shape index (κ3) is 4.83. The number of hydrogen-bond acceptors (Lipinski definition) is 4.